The van der Waals surface area contributed by atoms with Gasteiger partial charge in [-0.3, -0.25) is 0 Å². The topological polar surface area (TPSA) is 24.1 Å². The van der Waals surface area contributed by atoms with Crippen LogP contribution in [0.15, 0.2) is 0 Å². The smallest absolute Gasteiger partial charge is 0.000517 e. The molecule has 0 aromatic heterocycles. The summed E-state index contributed by atoms with van der Waals surface area (Å²) < 4.78 is 0. The Morgan fingerprint density at radius 1 is 1.12 bits per heavy atom. The lowest BCUT2D eigenvalue weighted by Gasteiger charge is -2.40. The van der Waals surface area contributed by atoms with Crippen molar-refractivity contribution in [3.8, 4) is 0 Å². The van der Waals surface area contributed by atoms with Crippen molar-refractivity contribution in [1.82, 2.24) is 10.6 Å². The van der Waals surface area contributed by atoms with E-state index in [1.807, 2.05) is 0 Å². The highest BCUT2D eigenvalue weighted by Crippen LogP contribution is 2.41. The number of rotatable bonds is 6. The van der Waals surface area contributed by atoms with Crippen LogP contribution in [-0.2, 0) is 0 Å². The second kappa shape index (κ2) is 6.19. The van der Waals surface area contributed by atoms with Gasteiger partial charge in [0, 0.05) is 6.54 Å². The van der Waals surface area contributed by atoms with Crippen molar-refractivity contribution in [2.45, 2.75) is 52.4 Å². The summed E-state index contributed by atoms with van der Waals surface area (Å²) in [5, 5.41) is 7.14. The molecule has 1 aliphatic carbocycles. The Kier molecular flexibility index (Phi) is 4.87. The summed E-state index contributed by atoms with van der Waals surface area (Å²) in [4.78, 5) is 0. The van der Waals surface area contributed by atoms with E-state index < -0.39 is 0 Å². The zero-order valence-corrected chi connectivity index (χ0v) is 11.7. The maximum absolute atomic E-state index is 3.70. The van der Waals surface area contributed by atoms with Crippen LogP contribution in [0.25, 0.3) is 0 Å². The lowest BCUT2D eigenvalue weighted by molar-refractivity contribution is 0.118. The maximum Gasteiger partial charge on any atom is 0.000517 e. The summed E-state index contributed by atoms with van der Waals surface area (Å²) in [6.07, 6.45) is 8.53. The quantitative estimate of drug-likeness (QED) is 0.695. The van der Waals surface area contributed by atoms with Crippen molar-refractivity contribution in [1.29, 1.82) is 0 Å². The van der Waals surface area contributed by atoms with Crippen molar-refractivity contribution in [3.05, 3.63) is 0 Å². The SMILES string of the molecule is CC(C)(CNCCC1CCNCC1)C1CCC1. The first kappa shape index (κ1) is 13.4. The molecule has 2 rings (SSSR count). The molecule has 1 saturated carbocycles. The molecule has 2 heteroatoms. The molecule has 2 nitrogen and oxygen atoms in total. The van der Waals surface area contributed by atoms with Gasteiger partial charge in [-0.15, -0.1) is 0 Å². The Balaban J connectivity index is 1.55. The molecule has 17 heavy (non-hydrogen) atoms. The highest BCUT2D eigenvalue weighted by molar-refractivity contribution is 4.85. The van der Waals surface area contributed by atoms with Gasteiger partial charge in [0.05, 0.1) is 0 Å². The molecule has 0 radical (unpaired) electrons. The van der Waals surface area contributed by atoms with Gasteiger partial charge in [0.1, 0.15) is 0 Å². The average Bonchev–Trinajstić information content (AvgIpc) is 2.23. The molecule has 1 saturated heterocycles. The Bertz CT molecular complexity index is 215. The summed E-state index contributed by atoms with van der Waals surface area (Å²) in [6.45, 7) is 9.78. The van der Waals surface area contributed by atoms with Gasteiger partial charge < -0.3 is 10.6 Å². The fourth-order valence-corrected chi connectivity index (χ4v) is 3.22. The minimum absolute atomic E-state index is 0.520. The molecule has 100 valence electrons. The summed E-state index contributed by atoms with van der Waals surface area (Å²) in [6, 6.07) is 0. The predicted octanol–water partition coefficient (Wildman–Crippen LogP) is 2.79. The number of hydrogen-bond acceptors (Lipinski definition) is 2. The van der Waals surface area contributed by atoms with E-state index in [0.717, 1.165) is 11.8 Å². The molecule has 1 heterocycles. The molecule has 2 fully saturated rings. The standard InChI is InChI=1S/C15H30N2/c1-15(2,14-4-3-5-14)12-17-11-8-13-6-9-16-10-7-13/h13-14,16-17H,3-12H2,1-2H3. The van der Waals surface area contributed by atoms with Crippen LogP contribution in [-0.4, -0.2) is 26.2 Å². The Morgan fingerprint density at radius 2 is 1.82 bits per heavy atom. The first-order chi connectivity index (χ1) is 8.18. The molecule has 0 bridgehead atoms. The van der Waals surface area contributed by atoms with Crippen LogP contribution in [0.4, 0.5) is 0 Å². The zero-order chi connectivity index (χ0) is 12.1. The molecule has 1 aliphatic heterocycles. The molecular weight excluding hydrogens is 208 g/mol. The van der Waals surface area contributed by atoms with Crippen LogP contribution in [0.2, 0.25) is 0 Å². The van der Waals surface area contributed by atoms with Crippen molar-refractivity contribution in [3.63, 3.8) is 0 Å². The predicted molar refractivity (Wildman–Crippen MR) is 74.2 cm³/mol. The lowest BCUT2D eigenvalue weighted by atomic mass is 9.67. The molecule has 0 atom stereocenters. The summed E-state index contributed by atoms with van der Waals surface area (Å²) >= 11 is 0. The third-order valence-electron chi connectivity index (χ3n) is 4.98. The number of nitrogens with one attached hydrogen (secondary N) is 2. The first-order valence-electron chi connectivity index (χ1n) is 7.60. The number of hydrogen-bond donors (Lipinski definition) is 2. The summed E-state index contributed by atoms with van der Waals surface area (Å²) in [7, 11) is 0. The second-order valence-electron chi connectivity index (χ2n) is 6.78. The molecule has 0 amide bonds. The van der Waals surface area contributed by atoms with Gasteiger partial charge in [-0.25, -0.2) is 0 Å². The Morgan fingerprint density at radius 3 is 2.41 bits per heavy atom. The van der Waals surface area contributed by atoms with Gasteiger partial charge in [-0.05, 0) is 69.0 Å². The Hall–Kier alpha value is -0.0800. The molecule has 2 aliphatic rings. The van der Waals surface area contributed by atoms with E-state index in [-0.39, 0.29) is 0 Å². The van der Waals surface area contributed by atoms with E-state index in [9.17, 15) is 0 Å². The van der Waals surface area contributed by atoms with Gasteiger partial charge in [-0.1, -0.05) is 20.3 Å². The fourth-order valence-electron chi connectivity index (χ4n) is 3.22. The fraction of sp³-hybridized carbons (Fsp3) is 1.00. The normalized spacial score (nSPS) is 23.6. The van der Waals surface area contributed by atoms with Crippen molar-refractivity contribution in [2.24, 2.45) is 17.3 Å². The van der Waals surface area contributed by atoms with Crippen LogP contribution >= 0.6 is 0 Å². The molecular formula is C15H30N2. The maximum atomic E-state index is 3.70. The van der Waals surface area contributed by atoms with Crippen molar-refractivity contribution in [2.75, 3.05) is 26.2 Å². The van der Waals surface area contributed by atoms with Gasteiger partial charge in [0.2, 0.25) is 0 Å². The monoisotopic (exact) mass is 238 g/mol. The van der Waals surface area contributed by atoms with E-state index in [1.54, 1.807) is 0 Å². The zero-order valence-electron chi connectivity index (χ0n) is 11.7. The van der Waals surface area contributed by atoms with Crippen LogP contribution in [0, 0.1) is 17.3 Å². The first-order valence-corrected chi connectivity index (χ1v) is 7.60. The van der Waals surface area contributed by atoms with E-state index in [4.69, 9.17) is 0 Å². The third-order valence-corrected chi connectivity index (χ3v) is 4.98. The molecule has 0 spiro atoms. The Labute approximate surface area is 107 Å². The molecule has 0 aromatic carbocycles. The molecule has 0 unspecified atom stereocenters. The van der Waals surface area contributed by atoms with Crippen LogP contribution in [0.1, 0.15) is 52.4 Å². The summed E-state index contributed by atoms with van der Waals surface area (Å²) in [5.74, 6) is 1.95. The molecule has 0 aromatic rings. The molecule has 2 N–H and O–H groups in total. The van der Waals surface area contributed by atoms with E-state index in [1.165, 1.54) is 64.7 Å². The van der Waals surface area contributed by atoms with Crippen molar-refractivity contribution < 1.29 is 0 Å². The van der Waals surface area contributed by atoms with Crippen LogP contribution < -0.4 is 10.6 Å². The third kappa shape index (κ3) is 3.96. The summed E-state index contributed by atoms with van der Waals surface area (Å²) in [5.41, 5.74) is 0.520. The lowest BCUT2D eigenvalue weighted by Crippen LogP contribution is -2.39. The van der Waals surface area contributed by atoms with E-state index in [0.29, 0.717) is 5.41 Å². The minimum Gasteiger partial charge on any atom is -0.317 e. The number of piperidine rings is 1. The van der Waals surface area contributed by atoms with Crippen LogP contribution in [0.5, 0.6) is 0 Å². The van der Waals surface area contributed by atoms with Gasteiger partial charge in [0.15, 0.2) is 0 Å². The van der Waals surface area contributed by atoms with Gasteiger partial charge >= 0.3 is 0 Å². The van der Waals surface area contributed by atoms with Crippen LogP contribution in [0.3, 0.4) is 0 Å². The van der Waals surface area contributed by atoms with E-state index in [2.05, 4.69) is 24.5 Å². The largest absolute Gasteiger partial charge is 0.317 e. The van der Waals surface area contributed by atoms with E-state index >= 15 is 0 Å². The minimum atomic E-state index is 0.520. The van der Waals surface area contributed by atoms with Gasteiger partial charge in [-0.2, -0.15) is 0 Å². The second-order valence-corrected chi connectivity index (χ2v) is 6.78. The van der Waals surface area contributed by atoms with Gasteiger partial charge in [0.25, 0.3) is 0 Å². The highest BCUT2D eigenvalue weighted by Gasteiger charge is 2.33. The average molecular weight is 238 g/mol. The highest BCUT2D eigenvalue weighted by atomic mass is 14.9. The van der Waals surface area contributed by atoms with Crippen molar-refractivity contribution >= 4 is 0 Å².